The molecule has 10 nitrogen and oxygen atoms in total. The van der Waals surface area contributed by atoms with Gasteiger partial charge in [-0.1, -0.05) is 13.3 Å². The third-order valence-electron chi connectivity index (χ3n) is 4.71. The van der Waals surface area contributed by atoms with E-state index in [0.717, 1.165) is 25.7 Å². The Bertz CT molecular complexity index is 808. The molecule has 0 saturated carbocycles. The minimum absolute atomic E-state index is 0.141. The summed E-state index contributed by atoms with van der Waals surface area (Å²) in [5.74, 6) is 0.376. The normalized spacial score (nSPS) is 17.3. The number of fused-ring (bicyclic) bond motifs is 1. The second kappa shape index (κ2) is 8.28. The maximum absolute atomic E-state index is 11.3. The summed E-state index contributed by atoms with van der Waals surface area (Å²) < 4.78 is 12.8. The molecule has 3 N–H and O–H groups in total. The van der Waals surface area contributed by atoms with Crippen LogP contribution in [-0.2, 0) is 6.54 Å². The molecule has 3 heterocycles. The third-order valence-corrected chi connectivity index (χ3v) is 4.71. The van der Waals surface area contributed by atoms with E-state index in [1.807, 2.05) is 4.57 Å². The first-order valence-electron chi connectivity index (χ1n) is 9.21. The Morgan fingerprint density at radius 2 is 2.19 bits per heavy atom. The zero-order chi connectivity index (χ0) is 19.4. The molecule has 0 aliphatic carbocycles. The molecule has 0 aromatic carbocycles. The molecule has 148 valence electrons. The van der Waals surface area contributed by atoms with Crippen molar-refractivity contribution in [3.8, 4) is 12.0 Å². The van der Waals surface area contributed by atoms with Crippen molar-refractivity contribution in [3.05, 3.63) is 0 Å². The van der Waals surface area contributed by atoms with Crippen molar-refractivity contribution >= 4 is 23.1 Å². The Morgan fingerprint density at radius 1 is 1.37 bits per heavy atom. The number of piperidine rings is 1. The number of carbonyl (C=O) groups is 1. The predicted molar refractivity (Wildman–Crippen MR) is 99.0 cm³/mol. The average Bonchev–Trinajstić information content (AvgIpc) is 3.00. The molecule has 1 amide bonds. The van der Waals surface area contributed by atoms with Crippen LogP contribution in [0.5, 0.6) is 12.0 Å². The van der Waals surface area contributed by atoms with Crippen molar-refractivity contribution in [3.63, 3.8) is 0 Å². The van der Waals surface area contributed by atoms with E-state index in [2.05, 4.69) is 21.9 Å². The highest BCUT2D eigenvalue weighted by atomic mass is 16.5. The lowest BCUT2D eigenvalue weighted by atomic mass is 9.98. The van der Waals surface area contributed by atoms with Gasteiger partial charge in [0.1, 0.15) is 0 Å². The SMILES string of the molecule is CCCCOc1nc(N)c2nc(OC)n(C[C@H]3CCCN(C(=O)O)C3)c2n1. The third kappa shape index (κ3) is 4.15. The highest BCUT2D eigenvalue weighted by Gasteiger charge is 2.26. The molecule has 0 bridgehead atoms. The van der Waals surface area contributed by atoms with E-state index < -0.39 is 6.09 Å². The number of likely N-dealkylation sites (tertiary alicyclic amines) is 1. The number of hydrogen-bond donors (Lipinski definition) is 2. The molecular weight excluding hydrogens is 352 g/mol. The minimum atomic E-state index is -0.889. The number of carboxylic acid groups (broad SMARTS) is 1. The van der Waals surface area contributed by atoms with Crippen LogP contribution in [0, 0.1) is 5.92 Å². The lowest BCUT2D eigenvalue weighted by molar-refractivity contribution is 0.116. The first-order valence-corrected chi connectivity index (χ1v) is 9.21. The Hall–Kier alpha value is -2.78. The van der Waals surface area contributed by atoms with Gasteiger partial charge in [0.15, 0.2) is 17.0 Å². The van der Waals surface area contributed by atoms with E-state index >= 15 is 0 Å². The van der Waals surface area contributed by atoms with Crippen LogP contribution in [0.1, 0.15) is 32.6 Å². The molecule has 1 saturated heterocycles. The van der Waals surface area contributed by atoms with E-state index in [4.69, 9.17) is 15.2 Å². The average molecular weight is 378 g/mol. The van der Waals surface area contributed by atoms with Crippen molar-refractivity contribution in [2.45, 2.75) is 39.2 Å². The zero-order valence-corrected chi connectivity index (χ0v) is 15.7. The number of hydrogen-bond acceptors (Lipinski definition) is 7. The van der Waals surface area contributed by atoms with Crippen molar-refractivity contribution < 1.29 is 19.4 Å². The molecule has 10 heteroatoms. The number of ether oxygens (including phenoxy) is 2. The summed E-state index contributed by atoms with van der Waals surface area (Å²) in [5.41, 5.74) is 7.04. The van der Waals surface area contributed by atoms with E-state index in [-0.39, 0.29) is 17.7 Å². The molecule has 0 radical (unpaired) electrons. The van der Waals surface area contributed by atoms with E-state index in [9.17, 15) is 9.90 Å². The molecule has 3 rings (SSSR count). The van der Waals surface area contributed by atoms with Gasteiger partial charge in [-0.2, -0.15) is 15.0 Å². The summed E-state index contributed by atoms with van der Waals surface area (Å²) in [7, 11) is 1.53. The van der Waals surface area contributed by atoms with Crippen LogP contribution in [0.4, 0.5) is 10.6 Å². The van der Waals surface area contributed by atoms with Crippen molar-refractivity contribution in [2.75, 3.05) is 32.5 Å². The van der Waals surface area contributed by atoms with E-state index in [0.29, 0.717) is 43.4 Å². The number of nitrogen functional groups attached to an aromatic ring is 1. The Morgan fingerprint density at radius 3 is 2.89 bits per heavy atom. The van der Waals surface area contributed by atoms with Crippen LogP contribution in [0.2, 0.25) is 0 Å². The second-order valence-corrected chi connectivity index (χ2v) is 6.71. The van der Waals surface area contributed by atoms with Gasteiger partial charge in [0.05, 0.1) is 13.7 Å². The summed E-state index contributed by atoms with van der Waals surface area (Å²) in [5, 5.41) is 9.26. The quantitative estimate of drug-likeness (QED) is 0.700. The fraction of sp³-hybridized carbons (Fsp3) is 0.647. The standard InChI is InChI=1S/C17H26N6O4/c1-3-4-8-27-15-20-13(18)12-14(21-15)23(16(19-12)26-2)10-11-6-5-7-22(9-11)17(24)25/h11H,3-10H2,1-2H3,(H,24,25)(H2,18,20,21)/t11-/m0/s1. The number of aromatic nitrogens is 4. The lowest BCUT2D eigenvalue weighted by Gasteiger charge is -2.31. The predicted octanol–water partition coefficient (Wildman–Crippen LogP) is 1.99. The second-order valence-electron chi connectivity index (χ2n) is 6.71. The van der Waals surface area contributed by atoms with Gasteiger partial charge in [0.25, 0.3) is 6.01 Å². The van der Waals surface area contributed by atoms with Gasteiger partial charge in [-0.3, -0.25) is 4.57 Å². The summed E-state index contributed by atoms with van der Waals surface area (Å²) >= 11 is 0. The molecule has 0 spiro atoms. The molecule has 2 aromatic heterocycles. The van der Waals surface area contributed by atoms with Gasteiger partial charge >= 0.3 is 12.1 Å². The maximum atomic E-state index is 11.3. The number of amides is 1. The minimum Gasteiger partial charge on any atom is -0.468 e. The van der Waals surface area contributed by atoms with Crippen LogP contribution < -0.4 is 15.2 Å². The fourth-order valence-electron chi connectivity index (χ4n) is 3.32. The number of unbranched alkanes of at least 4 members (excludes halogenated alkanes) is 1. The van der Waals surface area contributed by atoms with Gasteiger partial charge in [-0.05, 0) is 25.2 Å². The first-order chi connectivity index (χ1) is 13.0. The van der Waals surface area contributed by atoms with Crippen LogP contribution in [0.25, 0.3) is 11.2 Å². The van der Waals surface area contributed by atoms with Crippen molar-refractivity contribution in [1.82, 2.24) is 24.4 Å². The molecule has 1 aliphatic heterocycles. The van der Waals surface area contributed by atoms with Crippen molar-refractivity contribution in [1.29, 1.82) is 0 Å². The van der Waals surface area contributed by atoms with E-state index in [1.54, 1.807) is 0 Å². The number of imidazole rings is 1. The first kappa shape index (κ1) is 19.0. The summed E-state index contributed by atoms with van der Waals surface area (Å²) in [4.78, 5) is 25.8. The van der Waals surface area contributed by atoms with Crippen LogP contribution in [0.3, 0.4) is 0 Å². The Balaban J connectivity index is 1.89. The molecule has 1 fully saturated rings. The van der Waals surface area contributed by atoms with E-state index in [1.165, 1.54) is 12.0 Å². The molecule has 27 heavy (non-hydrogen) atoms. The zero-order valence-electron chi connectivity index (χ0n) is 15.7. The van der Waals surface area contributed by atoms with Gasteiger partial charge in [-0.15, -0.1) is 0 Å². The Labute approximate surface area is 157 Å². The molecule has 1 aliphatic rings. The number of nitrogens with two attached hydrogens (primary N) is 1. The highest BCUT2D eigenvalue weighted by Crippen LogP contribution is 2.28. The Kier molecular flexibility index (Phi) is 5.82. The van der Waals surface area contributed by atoms with Crippen LogP contribution in [-0.4, -0.2) is 62.4 Å². The monoisotopic (exact) mass is 378 g/mol. The summed E-state index contributed by atoms with van der Waals surface area (Å²) in [6.45, 7) is 4.17. The summed E-state index contributed by atoms with van der Waals surface area (Å²) in [6.07, 6.45) is 2.77. The lowest BCUT2D eigenvalue weighted by Crippen LogP contribution is -2.40. The van der Waals surface area contributed by atoms with Crippen LogP contribution in [0.15, 0.2) is 0 Å². The van der Waals surface area contributed by atoms with Crippen molar-refractivity contribution in [2.24, 2.45) is 5.92 Å². The number of methoxy groups -OCH3 is 1. The molecular formula is C17H26N6O4. The van der Waals surface area contributed by atoms with Crippen LogP contribution >= 0.6 is 0 Å². The van der Waals surface area contributed by atoms with Gasteiger partial charge in [0, 0.05) is 19.6 Å². The number of nitrogens with zero attached hydrogens (tertiary/aromatic N) is 5. The number of rotatable bonds is 7. The fourth-order valence-corrected chi connectivity index (χ4v) is 3.32. The molecule has 2 aromatic rings. The van der Waals surface area contributed by atoms with Gasteiger partial charge in [-0.25, -0.2) is 4.79 Å². The summed E-state index contributed by atoms with van der Waals surface area (Å²) in [6, 6.07) is 0.595. The molecule has 0 unspecified atom stereocenters. The van der Waals surface area contributed by atoms with Gasteiger partial charge in [0.2, 0.25) is 0 Å². The molecule has 1 atom stereocenters. The largest absolute Gasteiger partial charge is 0.468 e. The smallest absolute Gasteiger partial charge is 0.407 e. The topological polar surface area (TPSA) is 129 Å². The number of anilines is 1. The highest BCUT2D eigenvalue weighted by molar-refractivity contribution is 5.83. The maximum Gasteiger partial charge on any atom is 0.407 e. The van der Waals surface area contributed by atoms with Gasteiger partial charge < -0.3 is 25.2 Å².